The lowest BCUT2D eigenvalue weighted by Crippen LogP contribution is -2.38. The zero-order valence-electron chi connectivity index (χ0n) is 20.3. The van der Waals surface area contributed by atoms with E-state index in [-0.39, 0.29) is 35.8 Å². The fraction of sp³-hybridized carbons (Fsp3) is 0.364. The Morgan fingerprint density at radius 1 is 1.19 bits per heavy atom. The minimum Gasteiger partial charge on any atom is -0.465 e. The van der Waals surface area contributed by atoms with Gasteiger partial charge >= 0.3 is 6.09 Å². The second-order valence-corrected chi connectivity index (χ2v) is 10.3. The van der Waals surface area contributed by atoms with Crippen LogP contribution in [0.2, 0.25) is 0 Å². The normalized spacial score (nSPS) is 12.4. The first-order chi connectivity index (χ1) is 16.8. The van der Waals surface area contributed by atoms with E-state index in [2.05, 4.69) is 20.4 Å². The van der Waals surface area contributed by atoms with Crippen molar-refractivity contribution in [2.75, 3.05) is 29.9 Å². The van der Waals surface area contributed by atoms with E-state index in [0.717, 1.165) is 17.2 Å². The molecule has 2 heterocycles. The molecule has 3 rings (SSSR count). The van der Waals surface area contributed by atoms with Crippen molar-refractivity contribution in [3.63, 3.8) is 0 Å². The molecule has 0 aliphatic carbocycles. The highest BCUT2D eigenvalue weighted by Gasteiger charge is 2.24. The summed E-state index contributed by atoms with van der Waals surface area (Å²) in [6.45, 7) is 5.68. The van der Waals surface area contributed by atoms with Crippen LogP contribution in [0.5, 0.6) is 0 Å². The average molecular weight is 524 g/mol. The molecule has 194 valence electrons. The zero-order chi connectivity index (χ0) is 26.8. The molecular formula is C22H27F2N7O4S. The summed E-state index contributed by atoms with van der Waals surface area (Å²) in [4.78, 5) is 20.9. The van der Waals surface area contributed by atoms with Crippen LogP contribution in [0, 0.1) is 11.6 Å². The summed E-state index contributed by atoms with van der Waals surface area (Å²) in [5.74, 6) is -1.98. The number of carboxylic acid groups (broad SMARTS) is 1. The van der Waals surface area contributed by atoms with E-state index in [1.807, 2.05) is 18.6 Å². The van der Waals surface area contributed by atoms with Crippen LogP contribution in [0.1, 0.15) is 26.8 Å². The van der Waals surface area contributed by atoms with Gasteiger partial charge in [0.05, 0.1) is 11.9 Å². The third-order valence-corrected chi connectivity index (χ3v) is 5.92. The maximum absolute atomic E-state index is 15.4. The molecule has 14 heteroatoms. The molecule has 0 aliphatic heterocycles. The van der Waals surface area contributed by atoms with Gasteiger partial charge in [-0.25, -0.2) is 32.0 Å². The van der Waals surface area contributed by atoms with Crippen LogP contribution in [-0.4, -0.2) is 70.2 Å². The van der Waals surface area contributed by atoms with Gasteiger partial charge in [-0.2, -0.15) is 5.10 Å². The Hall–Kier alpha value is -3.81. The Labute approximate surface area is 207 Å². The number of sulfonamides is 1. The van der Waals surface area contributed by atoms with Crippen LogP contribution < -0.4 is 10.0 Å². The first-order valence-electron chi connectivity index (χ1n) is 10.9. The molecule has 0 spiro atoms. The van der Waals surface area contributed by atoms with Crippen LogP contribution in [0.25, 0.3) is 22.5 Å². The maximum Gasteiger partial charge on any atom is 0.407 e. The molecule has 0 bridgehead atoms. The van der Waals surface area contributed by atoms with Crippen LogP contribution in [0.15, 0.2) is 30.6 Å². The molecule has 11 nitrogen and oxygen atoms in total. The highest BCUT2D eigenvalue weighted by Crippen LogP contribution is 2.36. The Balaban J connectivity index is 2.05. The zero-order valence-corrected chi connectivity index (χ0v) is 21.1. The number of nitrogens with zero attached hydrogens (tertiary/aromatic N) is 5. The van der Waals surface area contributed by atoms with Gasteiger partial charge in [-0.15, -0.1) is 0 Å². The van der Waals surface area contributed by atoms with Crippen molar-refractivity contribution in [1.29, 1.82) is 0 Å². The van der Waals surface area contributed by atoms with Crippen molar-refractivity contribution in [2.24, 2.45) is 0 Å². The quantitative estimate of drug-likeness (QED) is 0.386. The second kappa shape index (κ2) is 10.4. The van der Waals surface area contributed by atoms with Gasteiger partial charge in [0.25, 0.3) is 0 Å². The number of rotatable bonds is 9. The SMILES string of the molecule is CC(C)n1cc(-c2ccnc(NC[C@H](C)N(C)C(=O)O)n2)c(-c2ccc(F)c(NS(C)(=O)=O)c2F)n1. The first kappa shape index (κ1) is 26.8. The molecule has 0 radical (unpaired) electrons. The van der Waals surface area contributed by atoms with Crippen LogP contribution in [-0.2, 0) is 10.0 Å². The van der Waals surface area contributed by atoms with Gasteiger partial charge in [-0.1, -0.05) is 0 Å². The Bertz CT molecular complexity index is 1380. The molecule has 1 aromatic carbocycles. The standard InChI is InChI=1S/C22H27F2N7O4S/c1-12(2)31-11-15(17-8-9-25-21(27-17)26-10-13(3)30(4)22(32)33)19(28-31)14-6-7-16(23)20(18(14)24)29-36(5,34)35/h6-9,11-13,29H,10H2,1-5H3,(H,32,33)(H,25,26,27)/t13-/m0/s1. The highest BCUT2D eigenvalue weighted by atomic mass is 32.2. The number of nitrogens with one attached hydrogen (secondary N) is 2. The Morgan fingerprint density at radius 3 is 2.50 bits per heavy atom. The van der Waals surface area contributed by atoms with Gasteiger partial charge < -0.3 is 15.3 Å². The van der Waals surface area contributed by atoms with Crippen LogP contribution in [0.3, 0.4) is 0 Å². The van der Waals surface area contributed by atoms with Gasteiger partial charge in [0.2, 0.25) is 16.0 Å². The van der Waals surface area contributed by atoms with E-state index in [1.165, 1.54) is 19.3 Å². The Kier molecular flexibility index (Phi) is 7.77. The van der Waals surface area contributed by atoms with E-state index in [9.17, 15) is 17.6 Å². The molecular weight excluding hydrogens is 496 g/mol. The summed E-state index contributed by atoms with van der Waals surface area (Å²) in [5, 5.41) is 16.5. The van der Waals surface area contributed by atoms with Gasteiger partial charge in [-0.3, -0.25) is 9.40 Å². The predicted octanol–water partition coefficient (Wildman–Crippen LogP) is 3.65. The largest absolute Gasteiger partial charge is 0.465 e. The number of hydrogen-bond acceptors (Lipinski definition) is 7. The third kappa shape index (κ3) is 6.05. The van der Waals surface area contributed by atoms with Gasteiger partial charge in [0.1, 0.15) is 17.2 Å². The predicted molar refractivity (Wildman–Crippen MR) is 131 cm³/mol. The number of carbonyl (C=O) groups is 1. The van der Waals surface area contributed by atoms with Crippen molar-refractivity contribution >= 4 is 27.8 Å². The van der Waals surface area contributed by atoms with E-state index < -0.39 is 33.4 Å². The summed E-state index contributed by atoms with van der Waals surface area (Å²) in [7, 11) is -2.50. The van der Waals surface area contributed by atoms with E-state index in [0.29, 0.717) is 11.3 Å². The molecule has 3 aromatic rings. The average Bonchev–Trinajstić information content (AvgIpc) is 3.25. The first-order valence-corrected chi connectivity index (χ1v) is 12.8. The highest BCUT2D eigenvalue weighted by molar-refractivity contribution is 7.92. The summed E-state index contributed by atoms with van der Waals surface area (Å²) in [6, 6.07) is 3.24. The summed E-state index contributed by atoms with van der Waals surface area (Å²) < 4.78 is 56.4. The van der Waals surface area contributed by atoms with Gasteiger partial charge in [0.15, 0.2) is 5.82 Å². The molecule has 0 aliphatic rings. The minimum absolute atomic E-state index is 0.110. The molecule has 0 unspecified atom stereocenters. The van der Waals surface area contributed by atoms with Crippen molar-refractivity contribution in [3.8, 4) is 22.5 Å². The monoisotopic (exact) mass is 523 g/mol. The van der Waals surface area contributed by atoms with Gasteiger partial charge in [0, 0.05) is 49.2 Å². The van der Waals surface area contributed by atoms with E-state index in [1.54, 1.807) is 23.9 Å². The number of anilines is 2. The number of hydrogen-bond donors (Lipinski definition) is 3. The van der Waals surface area contributed by atoms with Crippen molar-refractivity contribution < 1.29 is 27.1 Å². The van der Waals surface area contributed by atoms with Crippen LogP contribution in [0.4, 0.5) is 25.2 Å². The molecule has 36 heavy (non-hydrogen) atoms. The Morgan fingerprint density at radius 2 is 1.89 bits per heavy atom. The molecule has 0 saturated carbocycles. The smallest absolute Gasteiger partial charge is 0.407 e. The lowest BCUT2D eigenvalue weighted by Gasteiger charge is -2.21. The third-order valence-electron chi connectivity index (χ3n) is 5.34. The van der Waals surface area contributed by atoms with Crippen molar-refractivity contribution in [2.45, 2.75) is 32.9 Å². The van der Waals surface area contributed by atoms with Gasteiger partial charge in [-0.05, 0) is 39.0 Å². The topological polar surface area (TPSA) is 142 Å². The van der Waals surface area contributed by atoms with Crippen molar-refractivity contribution in [1.82, 2.24) is 24.6 Å². The molecule has 0 saturated heterocycles. The second-order valence-electron chi connectivity index (χ2n) is 8.51. The summed E-state index contributed by atoms with van der Waals surface area (Å²) in [6.07, 6.45) is 2.85. The van der Waals surface area contributed by atoms with E-state index >= 15 is 4.39 Å². The maximum atomic E-state index is 15.4. The molecule has 1 amide bonds. The lowest BCUT2D eigenvalue weighted by molar-refractivity contribution is 0.144. The number of likely N-dealkylation sites (N-methyl/N-ethyl adjacent to an activating group) is 1. The molecule has 2 aromatic heterocycles. The van der Waals surface area contributed by atoms with E-state index in [4.69, 9.17) is 5.11 Å². The number of benzene rings is 1. The number of amides is 1. The molecule has 3 N–H and O–H groups in total. The fourth-order valence-corrected chi connectivity index (χ4v) is 3.77. The van der Waals surface area contributed by atoms with Crippen LogP contribution >= 0.6 is 0 Å². The minimum atomic E-state index is -3.95. The summed E-state index contributed by atoms with van der Waals surface area (Å²) >= 11 is 0. The molecule has 0 fully saturated rings. The fourth-order valence-electron chi connectivity index (χ4n) is 3.22. The number of aromatic nitrogens is 4. The molecule has 1 atom stereocenters. The number of halogens is 2. The lowest BCUT2D eigenvalue weighted by atomic mass is 10.0. The van der Waals surface area contributed by atoms with Crippen molar-refractivity contribution in [3.05, 3.63) is 42.2 Å². The summed E-state index contributed by atoms with van der Waals surface area (Å²) in [5.41, 5.74) is -0.0274.